The molecule has 0 spiro atoms. The Balaban J connectivity index is 1.18. The van der Waals surface area contributed by atoms with Gasteiger partial charge in [-0.2, -0.15) is 0 Å². The largest absolute Gasteiger partial charge is 0.326 e. The molecule has 178 valence electrons. The molecule has 0 aromatic heterocycles. The highest BCUT2D eigenvalue weighted by atomic mass is 35.5. The van der Waals surface area contributed by atoms with Crippen molar-refractivity contribution in [3.63, 3.8) is 0 Å². The lowest BCUT2D eigenvalue weighted by atomic mass is 10.1. The van der Waals surface area contributed by atoms with Crippen LogP contribution >= 0.6 is 35.6 Å². The highest BCUT2D eigenvalue weighted by Crippen LogP contribution is 2.33. The molecule has 35 heavy (non-hydrogen) atoms. The predicted molar refractivity (Wildman–Crippen MR) is 150 cm³/mol. The monoisotopic (exact) mass is 520 g/mol. The van der Waals surface area contributed by atoms with Gasteiger partial charge in [-0.15, -0.1) is 0 Å². The topological polar surface area (TPSA) is 49.4 Å². The molecule has 2 amide bonds. The minimum Gasteiger partial charge on any atom is -0.326 e. The molecule has 1 saturated heterocycles. The van der Waals surface area contributed by atoms with E-state index < -0.39 is 0 Å². The normalized spacial score (nSPS) is 14.5. The summed E-state index contributed by atoms with van der Waals surface area (Å²) in [5, 5.41) is 3.61. The Bertz CT molecular complexity index is 1230. The lowest BCUT2D eigenvalue weighted by molar-refractivity contribution is -0.122. The van der Waals surface area contributed by atoms with Gasteiger partial charge in [-0.1, -0.05) is 96.6 Å². The average molecular weight is 521 g/mol. The van der Waals surface area contributed by atoms with Crippen LogP contribution in [0.1, 0.15) is 31.2 Å². The highest BCUT2D eigenvalue weighted by molar-refractivity contribution is 8.26. The molecule has 0 radical (unpaired) electrons. The number of halogens is 1. The van der Waals surface area contributed by atoms with Gasteiger partial charge in [0.1, 0.15) is 4.32 Å². The Labute approximate surface area is 220 Å². The molecule has 0 bridgehead atoms. The zero-order chi connectivity index (χ0) is 24.6. The van der Waals surface area contributed by atoms with E-state index in [1.165, 1.54) is 11.8 Å². The summed E-state index contributed by atoms with van der Waals surface area (Å²) in [6.45, 7) is 0.561. The Morgan fingerprint density at radius 2 is 1.60 bits per heavy atom. The molecule has 1 N–H and O–H groups in total. The van der Waals surface area contributed by atoms with Crippen LogP contribution in [-0.4, -0.2) is 27.6 Å². The molecule has 1 heterocycles. The van der Waals surface area contributed by atoms with Crippen LogP contribution in [0.5, 0.6) is 0 Å². The number of amides is 2. The van der Waals surface area contributed by atoms with Crippen molar-refractivity contribution in [2.24, 2.45) is 0 Å². The van der Waals surface area contributed by atoms with Crippen molar-refractivity contribution in [3.8, 4) is 11.1 Å². The van der Waals surface area contributed by atoms with Gasteiger partial charge in [0.25, 0.3) is 5.91 Å². The van der Waals surface area contributed by atoms with Crippen LogP contribution in [0.25, 0.3) is 17.2 Å². The van der Waals surface area contributed by atoms with Gasteiger partial charge in [0.2, 0.25) is 5.91 Å². The minimum absolute atomic E-state index is 0.00558. The van der Waals surface area contributed by atoms with E-state index in [0.717, 1.165) is 41.6 Å². The third-order valence-corrected chi connectivity index (χ3v) is 7.23. The number of hydrogen-bond donors (Lipinski definition) is 1. The summed E-state index contributed by atoms with van der Waals surface area (Å²) < 4.78 is 0.576. The van der Waals surface area contributed by atoms with Crippen molar-refractivity contribution >= 4 is 63.5 Å². The Morgan fingerprint density at radius 3 is 2.31 bits per heavy atom. The third-order valence-electron chi connectivity index (χ3n) is 5.60. The molecular formula is C28H25ClN2O2S2. The number of thioether (sulfide) groups is 1. The van der Waals surface area contributed by atoms with Crippen molar-refractivity contribution in [1.82, 2.24) is 4.90 Å². The Hall–Kier alpha value is -2.93. The standard InChI is InChI=1S/C28H25ClN2O2S2/c29-23-14-10-20(11-15-23)19-25-27(33)31(28(34)35-25)18-6-2-5-9-26(32)30-24-16-12-22(13-17-24)21-7-3-1-4-8-21/h1,3-4,7-8,10-17,19H,2,5-6,9,18H2,(H,30,32)/b25-19-. The number of anilines is 1. The first-order valence-corrected chi connectivity index (χ1v) is 13.1. The summed E-state index contributed by atoms with van der Waals surface area (Å²) in [5.41, 5.74) is 3.96. The molecule has 1 aliphatic rings. The van der Waals surface area contributed by atoms with E-state index in [1.807, 2.05) is 60.7 Å². The maximum absolute atomic E-state index is 12.7. The van der Waals surface area contributed by atoms with E-state index in [9.17, 15) is 9.59 Å². The molecule has 1 fully saturated rings. The number of benzene rings is 3. The zero-order valence-corrected chi connectivity index (χ0v) is 21.5. The molecule has 0 unspecified atom stereocenters. The van der Waals surface area contributed by atoms with E-state index in [-0.39, 0.29) is 11.8 Å². The lowest BCUT2D eigenvalue weighted by Crippen LogP contribution is -2.29. The quantitative estimate of drug-likeness (QED) is 0.181. The van der Waals surface area contributed by atoms with Crippen LogP contribution in [-0.2, 0) is 9.59 Å². The fourth-order valence-corrected chi connectivity index (χ4v) is 5.17. The van der Waals surface area contributed by atoms with E-state index >= 15 is 0 Å². The zero-order valence-electron chi connectivity index (χ0n) is 19.1. The first-order valence-electron chi connectivity index (χ1n) is 11.5. The Morgan fingerprint density at radius 1 is 0.914 bits per heavy atom. The summed E-state index contributed by atoms with van der Waals surface area (Å²) in [6.07, 6.45) is 4.67. The number of nitrogens with zero attached hydrogens (tertiary/aromatic N) is 1. The van der Waals surface area contributed by atoms with Crippen molar-refractivity contribution < 1.29 is 9.59 Å². The van der Waals surface area contributed by atoms with Crippen LogP contribution in [0.15, 0.2) is 83.8 Å². The van der Waals surface area contributed by atoms with E-state index in [4.69, 9.17) is 23.8 Å². The maximum atomic E-state index is 12.7. The number of unbranched alkanes of at least 4 members (excludes halogenated alkanes) is 2. The Kier molecular flexibility index (Phi) is 8.74. The van der Waals surface area contributed by atoms with Crippen molar-refractivity contribution in [1.29, 1.82) is 0 Å². The molecule has 3 aromatic rings. The van der Waals surface area contributed by atoms with Crippen LogP contribution in [0.2, 0.25) is 5.02 Å². The SMILES string of the molecule is O=C(CCCCCN1C(=O)/C(=C/c2ccc(Cl)cc2)SC1=S)Nc1ccc(-c2ccccc2)cc1. The van der Waals surface area contributed by atoms with Crippen LogP contribution in [0.4, 0.5) is 5.69 Å². The van der Waals surface area contributed by atoms with Crippen LogP contribution in [0.3, 0.4) is 0 Å². The fourth-order valence-electron chi connectivity index (χ4n) is 3.74. The number of nitrogens with one attached hydrogen (secondary N) is 1. The average Bonchev–Trinajstić information content (AvgIpc) is 3.13. The molecule has 4 rings (SSSR count). The summed E-state index contributed by atoms with van der Waals surface area (Å²) >= 11 is 12.7. The molecule has 3 aromatic carbocycles. The number of rotatable bonds is 9. The second-order valence-electron chi connectivity index (χ2n) is 8.19. The minimum atomic E-state index is -0.0633. The fraction of sp³-hybridized carbons (Fsp3) is 0.179. The number of thiocarbonyl (C=S) groups is 1. The summed E-state index contributed by atoms with van der Waals surface area (Å²) in [7, 11) is 0. The maximum Gasteiger partial charge on any atom is 0.266 e. The van der Waals surface area contributed by atoms with Crippen molar-refractivity contribution in [2.45, 2.75) is 25.7 Å². The smallest absolute Gasteiger partial charge is 0.266 e. The number of hydrogen-bond acceptors (Lipinski definition) is 4. The highest BCUT2D eigenvalue weighted by Gasteiger charge is 2.31. The van der Waals surface area contributed by atoms with Gasteiger partial charge in [0.05, 0.1) is 4.91 Å². The summed E-state index contributed by atoms with van der Waals surface area (Å²) in [4.78, 5) is 27.3. The summed E-state index contributed by atoms with van der Waals surface area (Å²) in [6, 6.07) is 25.3. The molecule has 1 aliphatic heterocycles. The molecular weight excluding hydrogens is 496 g/mol. The first kappa shape index (κ1) is 25.2. The van der Waals surface area contributed by atoms with Crippen molar-refractivity contribution in [2.75, 3.05) is 11.9 Å². The van der Waals surface area contributed by atoms with Gasteiger partial charge in [-0.3, -0.25) is 14.5 Å². The van der Waals surface area contributed by atoms with Gasteiger partial charge in [0, 0.05) is 23.7 Å². The van der Waals surface area contributed by atoms with Gasteiger partial charge < -0.3 is 5.32 Å². The molecule has 0 saturated carbocycles. The van der Waals surface area contributed by atoms with Gasteiger partial charge in [-0.25, -0.2) is 0 Å². The van der Waals surface area contributed by atoms with E-state index in [2.05, 4.69) is 17.4 Å². The molecule has 7 heteroatoms. The number of carbonyl (C=O) groups excluding carboxylic acids is 2. The van der Waals surface area contributed by atoms with Crippen molar-refractivity contribution in [3.05, 3.63) is 94.4 Å². The van der Waals surface area contributed by atoms with E-state index in [1.54, 1.807) is 17.0 Å². The molecule has 4 nitrogen and oxygen atoms in total. The first-order chi connectivity index (χ1) is 17.0. The predicted octanol–water partition coefficient (Wildman–Crippen LogP) is 7.41. The summed E-state index contributed by atoms with van der Waals surface area (Å²) in [5.74, 6) is -0.0689. The number of carbonyl (C=O) groups is 2. The van der Waals surface area contributed by atoms with Gasteiger partial charge >= 0.3 is 0 Å². The second-order valence-corrected chi connectivity index (χ2v) is 10.3. The molecule has 0 atom stereocenters. The van der Waals surface area contributed by atoms with E-state index in [0.29, 0.717) is 27.2 Å². The van der Waals surface area contributed by atoms with Gasteiger partial charge in [-0.05, 0) is 59.9 Å². The second kappa shape index (κ2) is 12.2. The van der Waals surface area contributed by atoms with Crippen LogP contribution in [0, 0.1) is 0 Å². The molecule has 0 aliphatic carbocycles. The van der Waals surface area contributed by atoms with Gasteiger partial charge in [0.15, 0.2) is 0 Å². The van der Waals surface area contributed by atoms with Crippen LogP contribution < -0.4 is 5.32 Å². The lowest BCUT2D eigenvalue weighted by Gasteiger charge is -2.14. The third kappa shape index (κ3) is 7.04.